The van der Waals surface area contributed by atoms with Crippen LogP contribution in [0.2, 0.25) is 0 Å². The Morgan fingerprint density at radius 2 is 2.11 bits per heavy atom. The molecule has 0 bridgehead atoms. The maximum atomic E-state index is 12.5. The zero-order valence-corrected chi connectivity index (χ0v) is 12.7. The second-order valence-electron chi connectivity index (χ2n) is 4.73. The van der Waals surface area contributed by atoms with E-state index < -0.39 is 10.0 Å². The molecule has 1 heterocycles. The number of nitrogens with zero attached hydrogens (tertiary/aromatic N) is 1. The molecule has 0 saturated carbocycles. The maximum Gasteiger partial charge on any atom is 0.243 e. The molecule has 0 radical (unpaired) electrons. The molecule has 6 heteroatoms. The van der Waals surface area contributed by atoms with Crippen LogP contribution in [0.3, 0.4) is 0 Å². The Hall–Kier alpha value is -0.430. The first-order valence-electron chi connectivity index (χ1n) is 5.92. The standard InChI is InChI=1S/C12H17BrN2O2S/c1-9-5-10(13)7-12(6-9)18(16,17)15-4-2-3-11(14)8-15/h5-7,11H,2-4,8,14H2,1H3/t11-/m1/s1. The molecule has 1 aromatic rings. The van der Waals surface area contributed by atoms with Crippen molar-refractivity contribution in [3.05, 3.63) is 28.2 Å². The molecule has 1 aromatic carbocycles. The Kier molecular flexibility index (Phi) is 4.11. The molecule has 1 fully saturated rings. The number of halogens is 1. The van der Waals surface area contributed by atoms with Gasteiger partial charge in [0.15, 0.2) is 0 Å². The molecule has 0 spiro atoms. The number of piperidine rings is 1. The minimum absolute atomic E-state index is 0.0539. The Labute approximate surface area is 116 Å². The number of benzene rings is 1. The van der Waals surface area contributed by atoms with E-state index in [0.717, 1.165) is 22.9 Å². The van der Waals surface area contributed by atoms with Crippen LogP contribution < -0.4 is 5.73 Å². The van der Waals surface area contributed by atoms with E-state index in [4.69, 9.17) is 5.73 Å². The topological polar surface area (TPSA) is 63.4 Å². The van der Waals surface area contributed by atoms with Gasteiger partial charge in [-0.3, -0.25) is 0 Å². The van der Waals surface area contributed by atoms with Crippen molar-refractivity contribution in [2.45, 2.75) is 30.7 Å². The van der Waals surface area contributed by atoms with Crippen molar-refractivity contribution in [3.8, 4) is 0 Å². The predicted octanol–water partition coefficient (Wildman–Crippen LogP) is 1.87. The van der Waals surface area contributed by atoms with Crippen molar-refractivity contribution < 1.29 is 8.42 Å². The quantitative estimate of drug-likeness (QED) is 0.899. The molecule has 100 valence electrons. The highest BCUT2D eigenvalue weighted by Crippen LogP contribution is 2.24. The van der Waals surface area contributed by atoms with E-state index in [1.54, 1.807) is 12.1 Å². The van der Waals surface area contributed by atoms with Crippen LogP contribution in [0.4, 0.5) is 0 Å². The Morgan fingerprint density at radius 3 is 2.72 bits per heavy atom. The first-order chi connectivity index (χ1) is 8.39. The van der Waals surface area contributed by atoms with E-state index in [2.05, 4.69) is 15.9 Å². The molecule has 0 unspecified atom stereocenters. The van der Waals surface area contributed by atoms with E-state index >= 15 is 0 Å². The van der Waals surface area contributed by atoms with Gasteiger partial charge < -0.3 is 5.73 Å². The molecule has 2 N–H and O–H groups in total. The third-order valence-electron chi connectivity index (χ3n) is 3.07. The van der Waals surface area contributed by atoms with Gasteiger partial charge in [0.05, 0.1) is 4.90 Å². The summed E-state index contributed by atoms with van der Waals surface area (Å²) in [5.41, 5.74) is 6.76. The molecule has 0 amide bonds. The Balaban J connectivity index is 2.35. The van der Waals surface area contributed by atoms with Crippen LogP contribution in [0.15, 0.2) is 27.6 Å². The fourth-order valence-electron chi connectivity index (χ4n) is 2.19. The van der Waals surface area contributed by atoms with Crippen molar-refractivity contribution in [3.63, 3.8) is 0 Å². The van der Waals surface area contributed by atoms with Crippen LogP contribution in [-0.4, -0.2) is 31.9 Å². The van der Waals surface area contributed by atoms with Crippen molar-refractivity contribution in [1.82, 2.24) is 4.31 Å². The van der Waals surface area contributed by atoms with Gasteiger partial charge in [-0.2, -0.15) is 4.31 Å². The molecular weight excluding hydrogens is 316 g/mol. The number of aryl methyl sites for hydroxylation is 1. The molecule has 1 atom stereocenters. The maximum absolute atomic E-state index is 12.5. The fourth-order valence-corrected chi connectivity index (χ4v) is 4.62. The molecule has 0 aromatic heterocycles. The molecule has 1 saturated heterocycles. The summed E-state index contributed by atoms with van der Waals surface area (Å²) in [4.78, 5) is 0.337. The highest BCUT2D eigenvalue weighted by Gasteiger charge is 2.29. The third kappa shape index (κ3) is 2.93. The number of hydrogen-bond acceptors (Lipinski definition) is 3. The van der Waals surface area contributed by atoms with E-state index in [-0.39, 0.29) is 6.04 Å². The van der Waals surface area contributed by atoms with E-state index in [1.165, 1.54) is 4.31 Å². The lowest BCUT2D eigenvalue weighted by molar-refractivity contribution is 0.316. The van der Waals surface area contributed by atoms with Crippen molar-refractivity contribution in [1.29, 1.82) is 0 Å². The summed E-state index contributed by atoms with van der Waals surface area (Å²) >= 11 is 3.33. The summed E-state index contributed by atoms with van der Waals surface area (Å²) in [6.45, 7) is 2.85. The summed E-state index contributed by atoms with van der Waals surface area (Å²) in [5.74, 6) is 0. The van der Waals surface area contributed by atoms with Crippen LogP contribution >= 0.6 is 15.9 Å². The lowest BCUT2D eigenvalue weighted by atomic mass is 10.1. The van der Waals surface area contributed by atoms with Crippen LogP contribution in [0, 0.1) is 6.92 Å². The van der Waals surface area contributed by atoms with Crippen LogP contribution in [0.1, 0.15) is 18.4 Å². The van der Waals surface area contributed by atoms with Gasteiger partial charge in [-0.25, -0.2) is 8.42 Å². The highest BCUT2D eigenvalue weighted by molar-refractivity contribution is 9.10. The van der Waals surface area contributed by atoms with Crippen LogP contribution in [-0.2, 0) is 10.0 Å². The third-order valence-corrected chi connectivity index (χ3v) is 5.37. The zero-order chi connectivity index (χ0) is 13.3. The van der Waals surface area contributed by atoms with Crippen molar-refractivity contribution in [2.75, 3.05) is 13.1 Å². The normalized spacial score (nSPS) is 22.1. The predicted molar refractivity (Wildman–Crippen MR) is 74.8 cm³/mol. The molecule has 0 aliphatic carbocycles. The largest absolute Gasteiger partial charge is 0.327 e. The monoisotopic (exact) mass is 332 g/mol. The number of sulfonamides is 1. The molecule has 1 aliphatic rings. The summed E-state index contributed by atoms with van der Waals surface area (Å²) in [7, 11) is -3.42. The number of nitrogens with two attached hydrogens (primary N) is 1. The molecular formula is C12H17BrN2O2S. The summed E-state index contributed by atoms with van der Waals surface area (Å²) in [5, 5.41) is 0. The molecule has 2 rings (SSSR count). The van der Waals surface area contributed by atoms with Gasteiger partial charge in [0.2, 0.25) is 10.0 Å². The SMILES string of the molecule is Cc1cc(Br)cc(S(=O)(=O)N2CCC[C@@H](N)C2)c1. The fraction of sp³-hybridized carbons (Fsp3) is 0.500. The molecule has 18 heavy (non-hydrogen) atoms. The van der Waals surface area contributed by atoms with Crippen LogP contribution in [0.25, 0.3) is 0 Å². The van der Waals surface area contributed by atoms with Crippen molar-refractivity contribution in [2.24, 2.45) is 5.73 Å². The number of rotatable bonds is 2. The van der Waals surface area contributed by atoms with Gasteiger partial charge in [0.1, 0.15) is 0 Å². The van der Waals surface area contributed by atoms with Gasteiger partial charge >= 0.3 is 0 Å². The van der Waals surface area contributed by atoms with Gasteiger partial charge in [-0.15, -0.1) is 0 Å². The van der Waals surface area contributed by atoms with Gasteiger partial charge in [0.25, 0.3) is 0 Å². The average molecular weight is 333 g/mol. The van der Waals surface area contributed by atoms with E-state index in [1.807, 2.05) is 13.0 Å². The second kappa shape index (κ2) is 5.28. The summed E-state index contributed by atoms with van der Waals surface area (Å²) in [6.07, 6.45) is 1.72. The molecule has 4 nitrogen and oxygen atoms in total. The highest BCUT2D eigenvalue weighted by atomic mass is 79.9. The van der Waals surface area contributed by atoms with Gasteiger partial charge in [0, 0.05) is 23.6 Å². The summed E-state index contributed by atoms with van der Waals surface area (Å²) in [6, 6.07) is 5.17. The minimum Gasteiger partial charge on any atom is -0.327 e. The Morgan fingerprint density at radius 1 is 1.39 bits per heavy atom. The first kappa shape index (κ1) is 14.0. The van der Waals surface area contributed by atoms with E-state index in [0.29, 0.717) is 18.0 Å². The minimum atomic E-state index is -3.42. The Bertz CT molecular complexity index is 525. The molecule has 1 aliphatic heterocycles. The van der Waals surface area contributed by atoms with Gasteiger partial charge in [-0.1, -0.05) is 15.9 Å². The van der Waals surface area contributed by atoms with Gasteiger partial charge in [-0.05, 0) is 43.5 Å². The second-order valence-corrected chi connectivity index (χ2v) is 7.58. The average Bonchev–Trinajstić information content (AvgIpc) is 2.27. The van der Waals surface area contributed by atoms with Crippen LogP contribution in [0.5, 0.6) is 0 Å². The summed E-state index contributed by atoms with van der Waals surface area (Å²) < 4.78 is 27.2. The van der Waals surface area contributed by atoms with Crippen molar-refractivity contribution >= 4 is 26.0 Å². The first-order valence-corrected chi connectivity index (χ1v) is 8.16. The van der Waals surface area contributed by atoms with E-state index in [9.17, 15) is 8.42 Å². The number of hydrogen-bond donors (Lipinski definition) is 1. The smallest absolute Gasteiger partial charge is 0.243 e. The lowest BCUT2D eigenvalue weighted by Gasteiger charge is -2.30. The lowest BCUT2D eigenvalue weighted by Crippen LogP contribution is -2.45. The zero-order valence-electron chi connectivity index (χ0n) is 10.3.